The number of alkyl halides is 1. The van der Waals surface area contributed by atoms with Gasteiger partial charge in [-0.3, -0.25) is 5.41 Å². The van der Waals surface area contributed by atoms with E-state index >= 15 is 0 Å². The van der Waals surface area contributed by atoms with Gasteiger partial charge in [-0.1, -0.05) is 42.5 Å². The summed E-state index contributed by atoms with van der Waals surface area (Å²) in [5, 5.41) is 16.6. The number of nitrogens with zero attached hydrogens (tertiary/aromatic N) is 3. The number of halogens is 2. The van der Waals surface area contributed by atoms with Crippen molar-refractivity contribution in [2.24, 2.45) is 16.2 Å². The van der Waals surface area contributed by atoms with Crippen molar-refractivity contribution in [1.29, 1.82) is 5.41 Å². The van der Waals surface area contributed by atoms with E-state index in [1.54, 1.807) is 19.9 Å². The van der Waals surface area contributed by atoms with Crippen LogP contribution < -0.4 is 5.84 Å². The maximum absolute atomic E-state index is 14.4. The van der Waals surface area contributed by atoms with Crippen molar-refractivity contribution < 1.29 is 8.78 Å². The number of benzene rings is 2. The minimum absolute atomic E-state index is 0.0373. The average molecular weight is 421 g/mol. The summed E-state index contributed by atoms with van der Waals surface area (Å²) in [7, 11) is 0. The summed E-state index contributed by atoms with van der Waals surface area (Å²) in [4.78, 5) is 0. The molecule has 3 rings (SSSR count). The first-order valence-corrected chi connectivity index (χ1v) is 9.70. The van der Waals surface area contributed by atoms with E-state index in [1.807, 2.05) is 41.0 Å². The Bertz CT molecular complexity index is 1200. The van der Waals surface area contributed by atoms with Gasteiger partial charge < -0.3 is 10.4 Å². The van der Waals surface area contributed by atoms with Gasteiger partial charge in [-0.05, 0) is 37.6 Å². The van der Waals surface area contributed by atoms with Crippen molar-refractivity contribution in [3.8, 4) is 12.3 Å². The summed E-state index contributed by atoms with van der Waals surface area (Å²) < 4.78 is 29.0. The minimum Gasteiger partial charge on any atom is -0.336 e. The molecular weight excluding hydrogens is 396 g/mol. The van der Waals surface area contributed by atoms with E-state index in [2.05, 4.69) is 22.7 Å². The van der Waals surface area contributed by atoms with Gasteiger partial charge in [0.25, 0.3) is 0 Å². The fourth-order valence-corrected chi connectivity index (χ4v) is 3.30. The molecule has 0 spiro atoms. The molecule has 0 bridgehead atoms. The average Bonchev–Trinajstić information content (AvgIpc) is 3.09. The van der Waals surface area contributed by atoms with E-state index in [9.17, 15) is 8.78 Å². The van der Waals surface area contributed by atoms with Gasteiger partial charge >= 0.3 is 0 Å². The van der Waals surface area contributed by atoms with Gasteiger partial charge in [-0.25, -0.2) is 8.78 Å². The number of nitrogens with one attached hydrogen (secondary N) is 1. The Balaban J connectivity index is 0.00000107. The van der Waals surface area contributed by atoms with Gasteiger partial charge in [0.05, 0.1) is 6.54 Å². The van der Waals surface area contributed by atoms with Crippen molar-refractivity contribution in [2.75, 3.05) is 6.67 Å². The first kappa shape index (κ1) is 23.5. The van der Waals surface area contributed by atoms with Crippen LogP contribution in [-0.2, 0) is 6.54 Å². The molecule has 0 aliphatic rings. The number of hydrogen-bond donors (Lipinski definition) is 2. The third kappa shape index (κ3) is 5.43. The molecule has 1 heterocycles. The Hall–Kier alpha value is -3.79. The van der Waals surface area contributed by atoms with Crippen molar-refractivity contribution in [3.05, 3.63) is 71.6 Å². The van der Waals surface area contributed by atoms with Crippen molar-refractivity contribution >= 4 is 27.6 Å². The molecule has 2 aromatic carbocycles. The molecule has 3 N–H and O–H groups in total. The first-order valence-electron chi connectivity index (χ1n) is 9.70. The lowest BCUT2D eigenvalue weighted by Crippen LogP contribution is -2.02. The zero-order valence-corrected chi connectivity index (χ0v) is 17.6. The summed E-state index contributed by atoms with van der Waals surface area (Å²) in [5.41, 5.74) is 2.84. The Kier molecular flexibility index (Phi) is 8.64. The third-order valence-corrected chi connectivity index (χ3v) is 4.60. The van der Waals surface area contributed by atoms with Crippen LogP contribution >= 0.6 is 0 Å². The van der Waals surface area contributed by atoms with Crippen LogP contribution in [0.3, 0.4) is 0 Å². The Morgan fingerprint density at radius 1 is 1.23 bits per heavy atom. The second-order valence-corrected chi connectivity index (χ2v) is 6.53. The largest absolute Gasteiger partial charge is 0.336 e. The number of terminal acetylenes is 1. The second-order valence-electron chi connectivity index (χ2n) is 6.53. The Morgan fingerprint density at radius 3 is 2.55 bits per heavy atom. The topological polar surface area (TPSA) is 79.5 Å². The number of allylic oxidation sites excluding steroid dienone is 4. The van der Waals surface area contributed by atoms with Crippen molar-refractivity contribution in [1.82, 2.24) is 4.57 Å². The molecule has 0 fully saturated rings. The highest BCUT2D eigenvalue weighted by molar-refractivity contribution is 6.11. The maximum Gasteiger partial charge on any atom is 0.176 e. The number of aromatic nitrogens is 1. The number of para-hydroxylation sites is 1. The molecule has 3 aromatic rings. The normalized spacial score (nSPS) is 12.1. The molecule has 31 heavy (non-hydrogen) atoms. The summed E-state index contributed by atoms with van der Waals surface area (Å²) >= 11 is 0. The second kappa shape index (κ2) is 11.4. The molecular formula is C24H25F2N5. The quantitative estimate of drug-likeness (QED) is 0.0922. The van der Waals surface area contributed by atoms with Crippen LogP contribution in [0.1, 0.15) is 25.8 Å². The molecule has 0 amide bonds. The zero-order chi connectivity index (χ0) is 22.8. The first-order chi connectivity index (χ1) is 15.0. The van der Waals surface area contributed by atoms with E-state index in [0.717, 1.165) is 21.8 Å². The molecule has 0 atom stereocenters. The predicted octanol–water partition coefficient (Wildman–Crippen LogP) is 6.24. The molecule has 0 unspecified atom stereocenters. The van der Waals surface area contributed by atoms with Gasteiger partial charge in [0.15, 0.2) is 5.84 Å². The summed E-state index contributed by atoms with van der Waals surface area (Å²) in [6.07, 6.45) is 7.66. The van der Waals surface area contributed by atoms with Gasteiger partial charge in [0, 0.05) is 32.9 Å². The molecule has 1 aromatic heterocycles. The highest BCUT2D eigenvalue weighted by Crippen LogP contribution is 2.31. The lowest BCUT2D eigenvalue weighted by Gasteiger charge is -2.10. The lowest BCUT2D eigenvalue weighted by molar-refractivity contribution is 0.559. The van der Waals surface area contributed by atoms with E-state index in [1.165, 1.54) is 12.2 Å². The van der Waals surface area contributed by atoms with Crippen LogP contribution in [0.5, 0.6) is 0 Å². The van der Waals surface area contributed by atoms with Gasteiger partial charge in [-0.2, -0.15) is 0 Å². The summed E-state index contributed by atoms with van der Waals surface area (Å²) in [5.74, 6) is 7.00. The van der Waals surface area contributed by atoms with Crippen LogP contribution in [0.4, 0.5) is 8.78 Å². The minimum atomic E-state index is -0.644. The van der Waals surface area contributed by atoms with Crippen molar-refractivity contribution in [3.63, 3.8) is 0 Å². The molecule has 7 heteroatoms. The van der Waals surface area contributed by atoms with Gasteiger partial charge in [0.2, 0.25) is 0 Å². The standard InChI is InChI=1S/C21H21F2N5.C3H4/c1-2-18(23)15(6-5-11-22)13-28-19-8-4-3-7-16(19)17-12-14(9-10-20(17)28)21(24)26-27-25;1-3-2/h3-10,12H,2,11,13H2,1H3,(H3,24,25,26);1H,2H3/b6-5-,18-15-;. The van der Waals surface area contributed by atoms with Crippen LogP contribution in [0.2, 0.25) is 0 Å². The van der Waals surface area contributed by atoms with E-state index in [0.29, 0.717) is 11.1 Å². The predicted molar refractivity (Wildman–Crippen MR) is 123 cm³/mol. The zero-order valence-electron chi connectivity index (χ0n) is 17.6. The molecule has 160 valence electrons. The number of rotatable bonds is 6. The van der Waals surface area contributed by atoms with E-state index < -0.39 is 6.67 Å². The number of nitrogens with two attached hydrogens (primary N) is 1. The van der Waals surface area contributed by atoms with E-state index in [4.69, 9.17) is 11.3 Å². The molecule has 5 nitrogen and oxygen atoms in total. The number of amidine groups is 1. The van der Waals surface area contributed by atoms with Crippen LogP contribution in [0.25, 0.3) is 21.8 Å². The summed E-state index contributed by atoms with van der Waals surface area (Å²) in [6.45, 7) is 3.02. The van der Waals surface area contributed by atoms with Crippen LogP contribution in [0.15, 0.2) is 76.4 Å². The van der Waals surface area contributed by atoms with Crippen molar-refractivity contribution in [2.45, 2.75) is 26.8 Å². The third-order valence-electron chi connectivity index (χ3n) is 4.60. The number of hydrogen-bond acceptors (Lipinski definition) is 2. The van der Waals surface area contributed by atoms with E-state index in [-0.39, 0.29) is 24.6 Å². The highest BCUT2D eigenvalue weighted by atomic mass is 19.1. The summed E-state index contributed by atoms with van der Waals surface area (Å²) in [6, 6.07) is 13.2. The molecule has 0 radical (unpaired) electrons. The van der Waals surface area contributed by atoms with Gasteiger partial charge in [-0.15, -0.1) is 17.5 Å². The van der Waals surface area contributed by atoms with Crippen LogP contribution in [0, 0.1) is 17.8 Å². The van der Waals surface area contributed by atoms with Crippen LogP contribution in [-0.4, -0.2) is 17.1 Å². The maximum atomic E-state index is 14.4. The Morgan fingerprint density at radius 2 is 1.90 bits per heavy atom. The molecule has 0 saturated heterocycles. The van der Waals surface area contributed by atoms with Gasteiger partial charge in [0.1, 0.15) is 12.5 Å². The Labute approximate surface area is 180 Å². The number of fused-ring (bicyclic) bond motifs is 3. The monoisotopic (exact) mass is 421 g/mol. The lowest BCUT2D eigenvalue weighted by atomic mass is 10.1. The fraction of sp³-hybridized carbons (Fsp3) is 0.208. The molecule has 0 aliphatic heterocycles. The SMILES string of the molecule is C#CC.CC/C(F)=C(\C=C/CF)Cn1c2ccccc2c2cc(C(=N)N=NN)ccc21. The molecule has 0 saturated carbocycles. The molecule has 0 aliphatic carbocycles. The fourth-order valence-electron chi connectivity index (χ4n) is 3.30. The smallest absolute Gasteiger partial charge is 0.176 e. The highest BCUT2D eigenvalue weighted by Gasteiger charge is 2.14.